The van der Waals surface area contributed by atoms with E-state index in [1.54, 1.807) is 0 Å². The van der Waals surface area contributed by atoms with Crippen LogP contribution in [0.2, 0.25) is 0 Å². The van der Waals surface area contributed by atoms with Gasteiger partial charge in [0.05, 0.1) is 5.56 Å². The molecule has 1 atom stereocenters. The van der Waals surface area contributed by atoms with E-state index in [4.69, 9.17) is 4.42 Å². The van der Waals surface area contributed by atoms with Gasteiger partial charge in [-0.25, -0.2) is 0 Å². The van der Waals surface area contributed by atoms with Gasteiger partial charge in [0.2, 0.25) is 0 Å². The van der Waals surface area contributed by atoms with E-state index in [2.05, 4.69) is 5.32 Å². The van der Waals surface area contributed by atoms with Gasteiger partial charge in [-0.05, 0) is 37.1 Å². The zero-order valence-corrected chi connectivity index (χ0v) is 12.5. The number of fused-ring (bicyclic) bond motifs is 2. The number of nitrogens with one attached hydrogen (secondary N) is 1. The molecule has 5 rings (SSSR count). The zero-order valence-electron chi connectivity index (χ0n) is 12.5. The number of hydrogen-bond acceptors (Lipinski definition) is 3. The van der Waals surface area contributed by atoms with E-state index >= 15 is 0 Å². The van der Waals surface area contributed by atoms with Gasteiger partial charge in [0.25, 0.3) is 5.91 Å². The lowest BCUT2D eigenvalue weighted by Crippen LogP contribution is -2.44. The van der Waals surface area contributed by atoms with Gasteiger partial charge in [-0.3, -0.25) is 4.79 Å². The Labute approximate surface area is 133 Å². The third-order valence-corrected chi connectivity index (χ3v) is 4.62. The molecule has 0 bridgehead atoms. The van der Waals surface area contributed by atoms with Crippen LogP contribution in [-0.2, 0) is 0 Å². The van der Waals surface area contributed by atoms with Crippen molar-refractivity contribution in [2.24, 2.45) is 0 Å². The number of benzene rings is 2. The number of para-hydroxylation sites is 2. The van der Waals surface area contributed by atoms with Gasteiger partial charge in [-0.1, -0.05) is 30.3 Å². The van der Waals surface area contributed by atoms with E-state index in [-0.39, 0.29) is 12.1 Å². The Hall–Kier alpha value is -2.75. The molecule has 1 aliphatic carbocycles. The summed E-state index contributed by atoms with van der Waals surface area (Å²) in [6, 6.07) is 18.0. The number of furan rings is 1. The molecule has 1 aliphatic heterocycles. The first-order valence-electron chi connectivity index (χ1n) is 7.98. The summed E-state index contributed by atoms with van der Waals surface area (Å²) in [5.74, 6) is 0.883. The van der Waals surface area contributed by atoms with Crippen molar-refractivity contribution in [3.05, 3.63) is 65.9 Å². The highest BCUT2D eigenvalue weighted by Gasteiger charge is 2.43. The molecule has 4 heteroatoms. The largest absolute Gasteiger partial charge is 0.457 e. The van der Waals surface area contributed by atoms with E-state index in [0.717, 1.165) is 40.8 Å². The quantitative estimate of drug-likeness (QED) is 0.773. The minimum atomic E-state index is -0.239. The maximum Gasteiger partial charge on any atom is 0.258 e. The van der Waals surface area contributed by atoms with Crippen LogP contribution < -0.4 is 5.32 Å². The molecular weight excluding hydrogens is 288 g/mol. The number of carbonyl (C=O) groups is 1. The monoisotopic (exact) mass is 304 g/mol. The van der Waals surface area contributed by atoms with Crippen LogP contribution in [-0.4, -0.2) is 16.8 Å². The fourth-order valence-electron chi connectivity index (χ4n) is 3.34. The summed E-state index contributed by atoms with van der Waals surface area (Å²) >= 11 is 0. The van der Waals surface area contributed by atoms with Crippen LogP contribution in [0.1, 0.15) is 35.1 Å². The lowest BCUT2D eigenvalue weighted by molar-refractivity contribution is 0.0647. The molecule has 1 amide bonds. The molecule has 1 fully saturated rings. The Morgan fingerprint density at radius 3 is 2.65 bits per heavy atom. The molecule has 1 unspecified atom stereocenters. The predicted octanol–water partition coefficient (Wildman–Crippen LogP) is 4.16. The molecule has 2 aliphatic rings. The highest BCUT2D eigenvalue weighted by molar-refractivity contribution is 6.02. The van der Waals surface area contributed by atoms with Crippen LogP contribution in [0.15, 0.2) is 59.0 Å². The molecule has 1 aromatic heterocycles. The van der Waals surface area contributed by atoms with Crippen molar-refractivity contribution < 1.29 is 9.21 Å². The molecule has 1 saturated carbocycles. The maximum absolute atomic E-state index is 12.9. The second kappa shape index (κ2) is 4.62. The number of nitrogens with zero attached hydrogens (tertiary/aromatic N) is 1. The summed E-state index contributed by atoms with van der Waals surface area (Å²) in [6.45, 7) is 0. The van der Waals surface area contributed by atoms with Crippen molar-refractivity contribution in [3.63, 3.8) is 0 Å². The molecular formula is C19H16N2O2. The van der Waals surface area contributed by atoms with E-state index in [0.29, 0.717) is 6.04 Å². The molecule has 4 nitrogen and oxygen atoms in total. The standard InChI is InChI=1S/C19H16N2O2/c22-19-14-6-2-3-7-15(14)20-18(21(19)13-9-10-13)17-11-12-5-1-4-8-16(12)23-17/h1-8,11,13,18,20H,9-10H2. The first-order chi connectivity index (χ1) is 11.3. The van der Waals surface area contributed by atoms with Crippen molar-refractivity contribution in [3.8, 4) is 0 Å². The molecule has 2 heterocycles. The minimum Gasteiger partial charge on any atom is -0.457 e. The Morgan fingerprint density at radius 1 is 1.04 bits per heavy atom. The molecule has 23 heavy (non-hydrogen) atoms. The normalized spacial score (nSPS) is 20.4. The van der Waals surface area contributed by atoms with Gasteiger partial charge in [0.1, 0.15) is 11.3 Å². The van der Waals surface area contributed by atoms with Crippen molar-refractivity contribution in [2.75, 3.05) is 5.32 Å². The van der Waals surface area contributed by atoms with Gasteiger partial charge in [-0.2, -0.15) is 0 Å². The number of hydrogen-bond donors (Lipinski definition) is 1. The molecule has 0 saturated heterocycles. The van der Waals surface area contributed by atoms with Gasteiger partial charge < -0.3 is 14.6 Å². The maximum atomic E-state index is 12.9. The highest BCUT2D eigenvalue weighted by atomic mass is 16.3. The van der Waals surface area contributed by atoms with Gasteiger partial charge in [-0.15, -0.1) is 0 Å². The summed E-state index contributed by atoms with van der Waals surface area (Å²) in [6.07, 6.45) is 1.89. The SMILES string of the molecule is O=C1c2ccccc2NC(c2cc3ccccc3o2)N1C1CC1. The number of amides is 1. The first kappa shape index (κ1) is 12.8. The van der Waals surface area contributed by atoms with E-state index in [1.165, 1.54) is 0 Å². The Morgan fingerprint density at radius 2 is 1.83 bits per heavy atom. The Bertz CT molecular complexity index is 877. The topological polar surface area (TPSA) is 45.5 Å². The smallest absolute Gasteiger partial charge is 0.258 e. The summed E-state index contributed by atoms with van der Waals surface area (Å²) in [4.78, 5) is 14.9. The molecule has 3 aromatic rings. The fourth-order valence-corrected chi connectivity index (χ4v) is 3.34. The minimum absolute atomic E-state index is 0.0901. The van der Waals surface area contributed by atoms with Crippen LogP contribution in [0.5, 0.6) is 0 Å². The number of carbonyl (C=O) groups excluding carboxylic acids is 1. The van der Waals surface area contributed by atoms with Gasteiger partial charge in [0.15, 0.2) is 6.17 Å². The molecule has 114 valence electrons. The highest BCUT2D eigenvalue weighted by Crippen LogP contribution is 2.41. The van der Waals surface area contributed by atoms with Crippen LogP contribution in [0.25, 0.3) is 11.0 Å². The lowest BCUT2D eigenvalue weighted by atomic mass is 10.1. The number of rotatable bonds is 2. The van der Waals surface area contributed by atoms with Crippen molar-refractivity contribution in [2.45, 2.75) is 25.0 Å². The third-order valence-electron chi connectivity index (χ3n) is 4.62. The van der Waals surface area contributed by atoms with E-state index in [1.807, 2.05) is 59.5 Å². The second-order valence-electron chi connectivity index (χ2n) is 6.22. The summed E-state index contributed by atoms with van der Waals surface area (Å²) < 4.78 is 6.02. The van der Waals surface area contributed by atoms with E-state index in [9.17, 15) is 4.79 Å². The molecule has 0 spiro atoms. The van der Waals surface area contributed by atoms with Crippen LogP contribution >= 0.6 is 0 Å². The summed E-state index contributed by atoms with van der Waals surface area (Å²) in [7, 11) is 0. The molecule has 0 radical (unpaired) electrons. The van der Waals surface area contributed by atoms with Crippen LogP contribution in [0, 0.1) is 0 Å². The van der Waals surface area contributed by atoms with Crippen molar-refractivity contribution >= 4 is 22.6 Å². The van der Waals surface area contributed by atoms with Crippen molar-refractivity contribution in [1.29, 1.82) is 0 Å². The van der Waals surface area contributed by atoms with Gasteiger partial charge >= 0.3 is 0 Å². The average Bonchev–Trinajstić information content (AvgIpc) is 3.32. The van der Waals surface area contributed by atoms with Crippen LogP contribution in [0.3, 0.4) is 0 Å². The predicted molar refractivity (Wildman–Crippen MR) is 88.2 cm³/mol. The molecule has 2 aromatic carbocycles. The summed E-state index contributed by atoms with van der Waals surface area (Å²) in [5.41, 5.74) is 2.47. The zero-order chi connectivity index (χ0) is 15.4. The van der Waals surface area contributed by atoms with E-state index < -0.39 is 0 Å². The first-order valence-corrected chi connectivity index (χ1v) is 7.98. The van der Waals surface area contributed by atoms with Crippen molar-refractivity contribution in [1.82, 2.24) is 4.90 Å². The fraction of sp³-hybridized carbons (Fsp3) is 0.211. The Kier molecular flexibility index (Phi) is 2.56. The van der Waals surface area contributed by atoms with Gasteiger partial charge in [0, 0.05) is 17.1 Å². The number of anilines is 1. The summed E-state index contributed by atoms with van der Waals surface area (Å²) in [5, 5.41) is 4.55. The van der Waals surface area contributed by atoms with Crippen LogP contribution in [0.4, 0.5) is 5.69 Å². The molecule has 1 N–H and O–H groups in total. The second-order valence-corrected chi connectivity index (χ2v) is 6.22. The third kappa shape index (κ3) is 1.95. The lowest BCUT2D eigenvalue weighted by Gasteiger charge is -2.36. The Balaban J connectivity index is 1.64. The average molecular weight is 304 g/mol.